The zero-order valence-electron chi connectivity index (χ0n) is 11.4. The van der Waals surface area contributed by atoms with Gasteiger partial charge in [-0.1, -0.05) is 49.0 Å². The second kappa shape index (κ2) is 4.89. The molecule has 3 aliphatic rings. The smallest absolute Gasteiger partial charge is 0.0207 e. The average molecular weight is 241 g/mol. The molecule has 0 saturated carbocycles. The summed E-state index contributed by atoms with van der Waals surface area (Å²) in [6.45, 7) is 5.74. The van der Waals surface area contributed by atoms with E-state index < -0.39 is 0 Å². The molecule has 1 heterocycles. The van der Waals surface area contributed by atoms with Crippen LogP contribution in [0.1, 0.15) is 26.7 Å². The Labute approximate surface area is 110 Å². The number of fused-ring (bicyclic) bond motifs is 3. The van der Waals surface area contributed by atoms with Gasteiger partial charge in [0.25, 0.3) is 0 Å². The van der Waals surface area contributed by atoms with Crippen LogP contribution in [0.5, 0.6) is 0 Å². The van der Waals surface area contributed by atoms with Crippen molar-refractivity contribution in [2.75, 3.05) is 6.54 Å². The van der Waals surface area contributed by atoms with Crippen LogP contribution in [0.3, 0.4) is 0 Å². The quantitative estimate of drug-likeness (QED) is 0.639. The van der Waals surface area contributed by atoms with Gasteiger partial charge in [-0.3, -0.25) is 0 Å². The van der Waals surface area contributed by atoms with Crippen molar-refractivity contribution in [3.8, 4) is 0 Å². The Morgan fingerprint density at radius 1 is 1.22 bits per heavy atom. The third-order valence-electron chi connectivity index (χ3n) is 4.86. The first-order chi connectivity index (χ1) is 8.77. The van der Waals surface area contributed by atoms with Crippen molar-refractivity contribution in [1.82, 2.24) is 5.32 Å². The summed E-state index contributed by atoms with van der Waals surface area (Å²) in [7, 11) is 0. The van der Waals surface area contributed by atoms with Crippen LogP contribution in [0.15, 0.2) is 47.6 Å². The Morgan fingerprint density at radius 3 is 3.00 bits per heavy atom. The fourth-order valence-corrected chi connectivity index (χ4v) is 3.79. The molecule has 96 valence electrons. The number of rotatable bonds is 0. The van der Waals surface area contributed by atoms with Gasteiger partial charge in [-0.25, -0.2) is 0 Å². The first kappa shape index (κ1) is 12.0. The van der Waals surface area contributed by atoms with E-state index in [2.05, 4.69) is 55.6 Å². The predicted octanol–water partition coefficient (Wildman–Crippen LogP) is 3.62. The maximum absolute atomic E-state index is 3.80. The highest BCUT2D eigenvalue weighted by molar-refractivity contribution is 5.37. The van der Waals surface area contributed by atoms with Gasteiger partial charge in [-0.05, 0) is 37.2 Å². The monoisotopic (exact) mass is 241 g/mol. The summed E-state index contributed by atoms with van der Waals surface area (Å²) >= 11 is 0. The number of allylic oxidation sites excluding steroid dienone is 6. The van der Waals surface area contributed by atoms with Crippen molar-refractivity contribution in [2.45, 2.75) is 32.7 Å². The minimum Gasteiger partial charge on any atom is -0.310 e. The molecule has 2 aliphatic carbocycles. The van der Waals surface area contributed by atoms with E-state index in [1.54, 1.807) is 5.57 Å². The van der Waals surface area contributed by atoms with Gasteiger partial charge in [0.2, 0.25) is 0 Å². The fourth-order valence-electron chi connectivity index (χ4n) is 3.79. The van der Waals surface area contributed by atoms with Gasteiger partial charge >= 0.3 is 0 Å². The highest BCUT2D eigenvalue weighted by Gasteiger charge is 2.35. The summed E-state index contributed by atoms with van der Waals surface area (Å²) in [5, 5.41) is 3.80. The van der Waals surface area contributed by atoms with Gasteiger partial charge in [0, 0.05) is 18.5 Å². The van der Waals surface area contributed by atoms with Crippen LogP contribution in [-0.4, -0.2) is 12.6 Å². The standard InChI is InChI=1S/C17H23N/c1-12-7-3-6-10-16-17(12)15-9-5-4-8-14(11-18-16)13(15)2/h3-5,7-9,12,15-18H,6,10-11H2,1-2H3/t12-,15+,16+,17+/m1/s1. The maximum Gasteiger partial charge on any atom is 0.0207 e. The zero-order valence-corrected chi connectivity index (χ0v) is 11.4. The molecule has 0 aromatic carbocycles. The number of hydrogen-bond donors (Lipinski definition) is 1. The van der Waals surface area contributed by atoms with E-state index >= 15 is 0 Å². The molecule has 18 heavy (non-hydrogen) atoms. The minimum absolute atomic E-state index is 0.604. The lowest BCUT2D eigenvalue weighted by molar-refractivity contribution is 0.261. The molecule has 0 spiro atoms. The first-order valence-electron chi connectivity index (χ1n) is 7.22. The molecular weight excluding hydrogens is 218 g/mol. The van der Waals surface area contributed by atoms with Gasteiger partial charge in [0.1, 0.15) is 0 Å². The molecule has 0 radical (unpaired) electrons. The van der Waals surface area contributed by atoms with E-state index in [4.69, 9.17) is 0 Å². The normalized spacial score (nSPS) is 39.0. The van der Waals surface area contributed by atoms with E-state index in [9.17, 15) is 0 Å². The molecule has 1 heteroatoms. The SMILES string of the molecule is CC1=C2C=CC=C[C@@H]1[C@@H]1[C@H](C)C=CCC[C@@H]1NC2. The van der Waals surface area contributed by atoms with Crippen molar-refractivity contribution >= 4 is 0 Å². The van der Waals surface area contributed by atoms with Crippen LogP contribution in [0.25, 0.3) is 0 Å². The Bertz CT molecular complexity index is 439. The average Bonchev–Trinajstić information content (AvgIpc) is 2.71. The van der Waals surface area contributed by atoms with Crippen LogP contribution in [0, 0.1) is 17.8 Å². The van der Waals surface area contributed by atoms with Crippen molar-refractivity contribution in [3.63, 3.8) is 0 Å². The molecular formula is C17H23N. The third kappa shape index (κ3) is 2.01. The summed E-state index contributed by atoms with van der Waals surface area (Å²) in [4.78, 5) is 0. The van der Waals surface area contributed by atoms with E-state index in [-0.39, 0.29) is 0 Å². The second-order valence-corrected chi connectivity index (χ2v) is 5.91. The van der Waals surface area contributed by atoms with Crippen LogP contribution >= 0.6 is 0 Å². The molecule has 2 bridgehead atoms. The summed E-state index contributed by atoms with van der Waals surface area (Å²) in [5.41, 5.74) is 3.07. The Hall–Kier alpha value is -1.08. The van der Waals surface area contributed by atoms with Gasteiger partial charge in [-0.15, -0.1) is 0 Å². The molecule has 0 fully saturated rings. The summed E-state index contributed by atoms with van der Waals surface area (Å²) in [6, 6.07) is 0.656. The highest BCUT2D eigenvalue weighted by Crippen LogP contribution is 2.39. The van der Waals surface area contributed by atoms with Crippen LogP contribution < -0.4 is 5.32 Å². The minimum atomic E-state index is 0.604. The fraction of sp³-hybridized carbons (Fsp3) is 0.529. The van der Waals surface area contributed by atoms with Crippen molar-refractivity contribution < 1.29 is 0 Å². The Balaban J connectivity index is 2.02. The van der Waals surface area contributed by atoms with Crippen LogP contribution in [0.4, 0.5) is 0 Å². The Kier molecular flexibility index (Phi) is 3.25. The van der Waals surface area contributed by atoms with Gasteiger partial charge < -0.3 is 5.32 Å². The molecule has 0 unspecified atom stereocenters. The molecule has 0 saturated heterocycles. The largest absolute Gasteiger partial charge is 0.310 e. The molecule has 3 rings (SSSR count). The molecule has 0 aromatic heterocycles. The van der Waals surface area contributed by atoms with E-state index in [1.165, 1.54) is 18.4 Å². The summed E-state index contributed by atoms with van der Waals surface area (Å²) in [6.07, 6.45) is 16.4. The van der Waals surface area contributed by atoms with Gasteiger partial charge in [0.15, 0.2) is 0 Å². The molecule has 1 nitrogen and oxygen atoms in total. The van der Waals surface area contributed by atoms with E-state index in [0.29, 0.717) is 23.8 Å². The predicted molar refractivity (Wildman–Crippen MR) is 77.3 cm³/mol. The third-order valence-corrected chi connectivity index (χ3v) is 4.86. The molecule has 1 N–H and O–H groups in total. The number of nitrogens with one attached hydrogen (secondary N) is 1. The lowest BCUT2D eigenvalue weighted by Crippen LogP contribution is -2.40. The zero-order chi connectivity index (χ0) is 12.5. The van der Waals surface area contributed by atoms with Crippen molar-refractivity contribution in [1.29, 1.82) is 0 Å². The Morgan fingerprint density at radius 2 is 2.11 bits per heavy atom. The van der Waals surface area contributed by atoms with Gasteiger partial charge in [-0.2, -0.15) is 0 Å². The van der Waals surface area contributed by atoms with E-state index in [0.717, 1.165) is 6.54 Å². The topological polar surface area (TPSA) is 12.0 Å². The second-order valence-electron chi connectivity index (χ2n) is 5.91. The van der Waals surface area contributed by atoms with Crippen LogP contribution in [-0.2, 0) is 0 Å². The first-order valence-corrected chi connectivity index (χ1v) is 7.22. The lowest BCUT2D eigenvalue weighted by atomic mass is 9.74. The number of hydrogen-bond acceptors (Lipinski definition) is 1. The lowest BCUT2D eigenvalue weighted by Gasteiger charge is -2.33. The van der Waals surface area contributed by atoms with Crippen LogP contribution in [0.2, 0.25) is 0 Å². The maximum atomic E-state index is 3.80. The van der Waals surface area contributed by atoms with Crippen molar-refractivity contribution in [2.24, 2.45) is 17.8 Å². The van der Waals surface area contributed by atoms with E-state index in [1.807, 2.05) is 0 Å². The van der Waals surface area contributed by atoms with Gasteiger partial charge in [0.05, 0.1) is 0 Å². The summed E-state index contributed by atoms with van der Waals surface area (Å²) < 4.78 is 0. The molecule has 4 atom stereocenters. The summed E-state index contributed by atoms with van der Waals surface area (Å²) in [5.74, 6) is 1.97. The molecule has 1 aliphatic heterocycles. The molecule has 0 amide bonds. The molecule has 0 aromatic rings. The van der Waals surface area contributed by atoms with Crippen molar-refractivity contribution in [3.05, 3.63) is 47.6 Å². The highest BCUT2D eigenvalue weighted by atomic mass is 14.9.